The standard InChI is InChI=1S/C10H19N3O/c1-8(14)10(2,3)11-5-9-6-12-13(4)7-9/h6-8,11,14H,5H2,1-4H3. The Labute approximate surface area is 84.9 Å². The molecule has 2 N–H and O–H groups in total. The SMILES string of the molecule is CC(O)C(C)(C)NCc1cnn(C)c1. The van der Waals surface area contributed by atoms with Crippen LogP contribution in [0.25, 0.3) is 0 Å². The molecule has 1 heterocycles. The van der Waals surface area contributed by atoms with E-state index < -0.39 is 0 Å². The first-order valence-electron chi connectivity index (χ1n) is 4.82. The molecule has 14 heavy (non-hydrogen) atoms. The zero-order valence-electron chi connectivity index (χ0n) is 9.28. The third-order valence-electron chi connectivity index (χ3n) is 2.55. The van der Waals surface area contributed by atoms with E-state index in [9.17, 15) is 5.11 Å². The van der Waals surface area contributed by atoms with Crippen LogP contribution in [-0.2, 0) is 13.6 Å². The molecule has 0 spiro atoms. The molecule has 0 aliphatic carbocycles. The molecule has 0 saturated carbocycles. The Bertz CT molecular complexity index is 291. The Kier molecular flexibility index (Phi) is 3.29. The van der Waals surface area contributed by atoms with Crippen molar-refractivity contribution in [2.24, 2.45) is 7.05 Å². The van der Waals surface area contributed by atoms with Crippen molar-refractivity contribution in [3.05, 3.63) is 18.0 Å². The first-order valence-corrected chi connectivity index (χ1v) is 4.82. The van der Waals surface area contributed by atoms with Crippen LogP contribution in [0.5, 0.6) is 0 Å². The van der Waals surface area contributed by atoms with Gasteiger partial charge in [-0.25, -0.2) is 0 Å². The topological polar surface area (TPSA) is 50.1 Å². The Morgan fingerprint density at radius 1 is 1.64 bits per heavy atom. The molecule has 0 aromatic carbocycles. The summed E-state index contributed by atoms with van der Waals surface area (Å²) in [5, 5.41) is 16.8. The summed E-state index contributed by atoms with van der Waals surface area (Å²) in [7, 11) is 1.89. The van der Waals surface area contributed by atoms with Gasteiger partial charge in [0.15, 0.2) is 0 Å². The number of hydrogen-bond donors (Lipinski definition) is 2. The molecular weight excluding hydrogens is 178 g/mol. The van der Waals surface area contributed by atoms with Crippen molar-refractivity contribution in [3.63, 3.8) is 0 Å². The van der Waals surface area contributed by atoms with Crippen molar-refractivity contribution in [1.82, 2.24) is 15.1 Å². The van der Waals surface area contributed by atoms with Crippen molar-refractivity contribution in [2.45, 2.75) is 39.0 Å². The molecule has 1 aromatic rings. The first-order chi connectivity index (χ1) is 6.42. The van der Waals surface area contributed by atoms with E-state index in [1.54, 1.807) is 11.6 Å². The summed E-state index contributed by atoms with van der Waals surface area (Å²) in [4.78, 5) is 0. The second-order valence-electron chi connectivity index (χ2n) is 4.27. The number of aromatic nitrogens is 2. The molecule has 1 atom stereocenters. The predicted molar refractivity (Wildman–Crippen MR) is 55.8 cm³/mol. The van der Waals surface area contributed by atoms with E-state index in [0.29, 0.717) is 0 Å². The number of aryl methyl sites for hydroxylation is 1. The smallest absolute Gasteiger partial charge is 0.0688 e. The van der Waals surface area contributed by atoms with Gasteiger partial charge in [0.25, 0.3) is 0 Å². The lowest BCUT2D eigenvalue weighted by molar-refractivity contribution is 0.0956. The van der Waals surface area contributed by atoms with Crippen LogP contribution in [-0.4, -0.2) is 26.5 Å². The van der Waals surface area contributed by atoms with Crippen LogP contribution in [0.3, 0.4) is 0 Å². The van der Waals surface area contributed by atoms with Crippen molar-refractivity contribution in [3.8, 4) is 0 Å². The number of hydrogen-bond acceptors (Lipinski definition) is 3. The van der Waals surface area contributed by atoms with Gasteiger partial charge in [-0.1, -0.05) is 0 Å². The van der Waals surface area contributed by atoms with Crippen LogP contribution in [0.4, 0.5) is 0 Å². The maximum absolute atomic E-state index is 9.48. The zero-order chi connectivity index (χ0) is 10.8. The highest BCUT2D eigenvalue weighted by Gasteiger charge is 2.22. The van der Waals surface area contributed by atoms with E-state index >= 15 is 0 Å². The minimum atomic E-state index is -0.376. The molecule has 1 rings (SSSR count). The van der Waals surface area contributed by atoms with Gasteiger partial charge in [-0.2, -0.15) is 5.10 Å². The minimum Gasteiger partial charge on any atom is -0.392 e. The van der Waals surface area contributed by atoms with Gasteiger partial charge in [-0.05, 0) is 20.8 Å². The summed E-state index contributed by atoms with van der Waals surface area (Å²) in [5.74, 6) is 0. The third kappa shape index (κ3) is 2.82. The quantitative estimate of drug-likeness (QED) is 0.746. The molecule has 0 bridgehead atoms. The molecule has 1 aromatic heterocycles. The van der Waals surface area contributed by atoms with Gasteiger partial charge >= 0.3 is 0 Å². The van der Waals surface area contributed by atoms with Gasteiger partial charge in [-0.3, -0.25) is 4.68 Å². The molecule has 80 valence electrons. The Balaban J connectivity index is 2.48. The molecule has 4 nitrogen and oxygen atoms in total. The molecule has 0 fully saturated rings. The van der Waals surface area contributed by atoms with Crippen LogP contribution in [0.15, 0.2) is 12.4 Å². The van der Waals surface area contributed by atoms with Crippen molar-refractivity contribution >= 4 is 0 Å². The highest BCUT2D eigenvalue weighted by Crippen LogP contribution is 2.09. The fraction of sp³-hybridized carbons (Fsp3) is 0.700. The van der Waals surface area contributed by atoms with Crippen LogP contribution < -0.4 is 5.32 Å². The van der Waals surface area contributed by atoms with Crippen LogP contribution in [0, 0.1) is 0 Å². The number of rotatable bonds is 4. The first kappa shape index (κ1) is 11.2. The maximum atomic E-state index is 9.48. The molecule has 4 heteroatoms. The second-order valence-corrected chi connectivity index (χ2v) is 4.27. The van der Waals surface area contributed by atoms with E-state index in [-0.39, 0.29) is 11.6 Å². The lowest BCUT2D eigenvalue weighted by atomic mass is 9.99. The van der Waals surface area contributed by atoms with Crippen LogP contribution >= 0.6 is 0 Å². The largest absolute Gasteiger partial charge is 0.392 e. The molecule has 0 amide bonds. The summed E-state index contributed by atoms with van der Waals surface area (Å²) in [6.07, 6.45) is 3.41. The van der Waals surface area contributed by atoms with Crippen LogP contribution in [0.1, 0.15) is 26.3 Å². The predicted octanol–water partition coefficient (Wildman–Crippen LogP) is 0.669. The lowest BCUT2D eigenvalue weighted by Gasteiger charge is -2.29. The fourth-order valence-corrected chi connectivity index (χ4v) is 1.04. The Morgan fingerprint density at radius 3 is 2.71 bits per heavy atom. The average Bonchev–Trinajstić information content (AvgIpc) is 2.48. The molecule has 0 saturated heterocycles. The highest BCUT2D eigenvalue weighted by atomic mass is 16.3. The van der Waals surface area contributed by atoms with Gasteiger partial charge < -0.3 is 10.4 Å². The fourth-order valence-electron chi connectivity index (χ4n) is 1.04. The number of aliphatic hydroxyl groups excluding tert-OH is 1. The molecule has 0 radical (unpaired) electrons. The molecular formula is C10H19N3O. The van der Waals surface area contributed by atoms with E-state index in [0.717, 1.165) is 12.1 Å². The number of aliphatic hydroxyl groups is 1. The van der Waals surface area contributed by atoms with Gasteiger partial charge in [0.1, 0.15) is 0 Å². The van der Waals surface area contributed by atoms with E-state index in [4.69, 9.17) is 0 Å². The number of nitrogens with zero attached hydrogens (tertiary/aromatic N) is 2. The number of nitrogens with one attached hydrogen (secondary N) is 1. The summed E-state index contributed by atoms with van der Waals surface area (Å²) in [6, 6.07) is 0. The monoisotopic (exact) mass is 197 g/mol. The van der Waals surface area contributed by atoms with Gasteiger partial charge in [0, 0.05) is 30.9 Å². The minimum absolute atomic E-state index is 0.268. The van der Waals surface area contributed by atoms with E-state index in [1.807, 2.05) is 33.3 Å². The molecule has 1 unspecified atom stereocenters. The van der Waals surface area contributed by atoms with Gasteiger partial charge in [-0.15, -0.1) is 0 Å². The lowest BCUT2D eigenvalue weighted by Crippen LogP contribution is -2.47. The van der Waals surface area contributed by atoms with Crippen molar-refractivity contribution in [2.75, 3.05) is 0 Å². The summed E-state index contributed by atoms with van der Waals surface area (Å²) < 4.78 is 1.77. The Morgan fingerprint density at radius 2 is 2.29 bits per heavy atom. The normalized spacial score (nSPS) is 14.4. The Hall–Kier alpha value is -0.870. The average molecular weight is 197 g/mol. The zero-order valence-corrected chi connectivity index (χ0v) is 9.28. The molecule has 0 aliphatic heterocycles. The van der Waals surface area contributed by atoms with E-state index in [1.165, 1.54) is 0 Å². The third-order valence-corrected chi connectivity index (χ3v) is 2.55. The van der Waals surface area contributed by atoms with Gasteiger partial charge in [0.2, 0.25) is 0 Å². The van der Waals surface area contributed by atoms with Crippen molar-refractivity contribution in [1.29, 1.82) is 0 Å². The van der Waals surface area contributed by atoms with Gasteiger partial charge in [0.05, 0.1) is 12.3 Å². The highest BCUT2D eigenvalue weighted by molar-refractivity contribution is 5.04. The summed E-state index contributed by atoms with van der Waals surface area (Å²) in [6.45, 7) is 6.48. The maximum Gasteiger partial charge on any atom is 0.0688 e. The summed E-state index contributed by atoms with van der Waals surface area (Å²) in [5.41, 5.74) is 0.858. The van der Waals surface area contributed by atoms with Crippen molar-refractivity contribution < 1.29 is 5.11 Å². The van der Waals surface area contributed by atoms with Crippen LogP contribution in [0.2, 0.25) is 0 Å². The van der Waals surface area contributed by atoms with E-state index in [2.05, 4.69) is 10.4 Å². The summed E-state index contributed by atoms with van der Waals surface area (Å²) >= 11 is 0. The second kappa shape index (κ2) is 4.11. The molecule has 0 aliphatic rings.